The van der Waals surface area contributed by atoms with Crippen molar-refractivity contribution in [3.63, 3.8) is 0 Å². The van der Waals surface area contributed by atoms with Gasteiger partial charge in [0.1, 0.15) is 0 Å². The number of carbonyl (C=O) groups is 1. The lowest BCUT2D eigenvalue weighted by Gasteiger charge is -2.48. The number of hydrogen-bond acceptors (Lipinski definition) is 2. The Morgan fingerprint density at radius 3 is 2.18 bits per heavy atom. The molecule has 1 rings (SSSR count). The highest BCUT2D eigenvalue weighted by Gasteiger charge is 2.51. The Balaban J connectivity index is 2.98. The first-order valence-electron chi connectivity index (χ1n) is 6.55. The molecule has 3 atom stereocenters. The third-order valence-electron chi connectivity index (χ3n) is 4.39. The van der Waals surface area contributed by atoms with Crippen molar-refractivity contribution in [2.45, 2.75) is 59.5 Å². The van der Waals surface area contributed by atoms with Gasteiger partial charge in [0.05, 0.1) is 11.5 Å². The Labute approximate surface area is 104 Å². The molecule has 1 fully saturated rings. The normalized spacial score (nSPS) is 34.6. The smallest absolute Gasteiger partial charge is 0.309 e. The van der Waals surface area contributed by atoms with Gasteiger partial charge in [-0.05, 0) is 36.5 Å². The summed E-state index contributed by atoms with van der Waals surface area (Å²) in [5.41, 5.74) is -0.832. The van der Waals surface area contributed by atoms with Gasteiger partial charge in [0.25, 0.3) is 0 Å². The molecule has 0 saturated heterocycles. The summed E-state index contributed by atoms with van der Waals surface area (Å²) in [5.74, 6) is -1.53. The van der Waals surface area contributed by atoms with E-state index in [1.165, 1.54) is 0 Å². The Kier molecular flexibility index (Phi) is 3.92. The van der Waals surface area contributed by atoms with Gasteiger partial charge in [-0.2, -0.15) is 0 Å². The quantitative estimate of drug-likeness (QED) is 0.800. The largest absolute Gasteiger partial charge is 0.481 e. The van der Waals surface area contributed by atoms with Crippen LogP contribution in [0, 0.1) is 23.2 Å². The Morgan fingerprint density at radius 1 is 1.29 bits per heavy atom. The van der Waals surface area contributed by atoms with Crippen molar-refractivity contribution in [1.82, 2.24) is 0 Å². The fourth-order valence-corrected chi connectivity index (χ4v) is 3.43. The van der Waals surface area contributed by atoms with Crippen LogP contribution < -0.4 is 0 Å². The van der Waals surface area contributed by atoms with Gasteiger partial charge in [-0.3, -0.25) is 4.79 Å². The molecule has 0 aromatic carbocycles. The predicted octanol–water partition coefficient (Wildman–Crippen LogP) is 2.92. The van der Waals surface area contributed by atoms with Gasteiger partial charge >= 0.3 is 5.97 Å². The molecule has 17 heavy (non-hydrogen) atoms. The second kappa shape index (κ2) is 4.60. The number of carboxylic acid groups (broad SMARTS) is 1. The zero-order chi connectivity index (χ0) is 13.4. The summed E-state index contributed by atoms with van der Waals surface area (Å²) in [7, 11) is 0. The van der Waals surface area contributed by atoms with Crippen molar-refractivity contribution in [3.8, 4) is 0 Å². The zero-order valence-corrected chi connectivity index (χ0v) is 11.7. The van der Waals surface area contributed by atoms with Crippen LogP contribution in [0.1, 0.15) is 53.9 Å². The van der Waals surface area contributed by atoms with Gasteiger partial charge in [-0.25, -0.2) is 0 Å². The van der Waals surface area contributed by atoms with E-state index in [1.807, 2.05) is 20.8 Å². The third-order valence-corrected chi connectivity index (χ3v) is 4.39. The molecule has 1 saturated carbocycles. The molecular weight excluding hydrogens is 216 g/mol. The van der Waals surface area contributed by atoms with Crippen molar-refractivity contribution < 1.29 is 15.0 Å². The zero-order valence-electron chi connectivity index (χ0n) is 11.7. The molecule has 2 N–H and O–H groups in total. The minimum absolute atomic E-state index is 0.0368. The van der Waals surface area contributed by atoms with Crippen molar-refractivity contribution in [2.24, 2.45) is 23.2 Å². The molecular formula is C14H26O3. The second-order valence-corrected chi connectivity index (χ2v) is 6.82. The summed E-state index contributed by atoms with van der Waals surface area (Å²) in [6.45, 7) is 10.1. The summed E-state index contributed by atoms with van der Waals surface area (Å²) in [5, 5.41) is 20.1. The first-order valence-corrected chi connectivity index (χ1v) is 6.55. The van der Waals surface area contributed by atoms with Crippen molar-refractivity contribution in [1.29, 1.82) is 0 Å². The van der Waals surface area contributed by atoms with Crippen LogP contribution in [0.5, 0.6) is 0 Å². The molecule has 100 valence electrons. The second-order valence-electron chi connectivity index (χ2n) is 6.82. The SMILES string of the molecule is CC(C)C(C(=O)O)C1(O)CCC(C)(C)CC1C. The van der Waals surface area contributed by atoms with E-state index in [0.717, 1.165) is 12.8 Å². The molecule has 0 heterocycles. The standard InChI is InChI=1S/C14H26O3/c1-9(2)11(12(15)16)14(17)7-6-13(4,5)8-10(14)3/h9-11,17H,6-8H2,1-5H3,(H,15,16). The Hall–Kier alpha value is -0.570. The molecule has 0 radical (unpaired) electrons. The third kappa shape index (κ3) is 2.82. The maximum atomic E-state index is 11.4. The van der Waals surface area contributed by atoms with E-state index in [0.29, 0.717) is 6.42 Å². The summed E-state index contributed by atoms with van der Waals surface area (Å²) in [6.07, 6.45) is 2.38. The topological polar surface area (TPSA) is 57.5 Å². The van der Waals surface area contributed by atoms with E-state index in [2.05, 4.69) is 13.8 Å². The van der Waals surface area contributed by atoms with Gasteiger partial charge in [0.15, 0.2) is 0 Å². The van der Waals surface area contributed by atoms with E-state index in [4.69, 9.17) is 0 Å². The van der Waals surface area contributed by atoms with Gasteiger partial charge in [-0.15, -0.1) is 0 Å². The minimum atomic E-state index is -1.05. The Morgan fingerprint density at radius 2 is 1.82 bits per heavy atom. The summed E-state index contributed by atoms with van der Waals surface area (Å²) >= 11 is 0. The number of rotatable bonds is 3. The molecule has 0 aromatic heterocycles. The molecule has 0 spiro atoms. The van der Waals surface area contributed by atoms with Crippen molar-refractivity contribution >= 4 is 5.97 Å². The van der Waals surface area contributed by atoms with Crippen LogP contribution in [0.15, 0.2) is 0 Å². The number of carboxylic acids is 1. The summed E-state index contributed by atoms with van der Waals surface area (Å²) in [6, 6.07) is 0. The maximum Gasteiger partial charge on any atom is 0.309 e. The highest BCUT2D eigenvalue weighted by molar-refractivity contribution is 5.72. The molecule has 0 aromatic rings. The van der Waals surface area contributed by atoms with Crippen LogP contribution in [0.25, 0.3) is 0 Å². The Bertz CT molecular complexity index is 296. The van der Waals surface area contributed by atoms with E-state index >= 15 is 0 Å². The van der Waals surface area contributed by atoms with E-state index in [9.17, 15) is 15.0 Å². The average Bonchev–Trinajstić information content (AvgIpc) is 2.11. The number of hydrogen-bond donors (Lipinski definition) is 2. The van der Waals surface area contributed by atoms with Crippen LogP contribution in [0.4, 0.5) is 0 Å². The maximum absolute atomic E-state index is 11.4. The average molecular weight is 242 g/mol. The molecule has 3 unspecified atom stereocenters. The molecule has 3 nitrogen and oxygen atoms in total. The van der Waals surface area contributed by atoms with Gasteiger partial charge in [0, 0.05) is 0 Å². The summed E-state index contributed by atoms with van der Waals surface area (Å²) < 4.78 is 0. The van der Waals surface area contributed by atoms with Crippen LogP contribution in [0.3, 0.4) is 0 Å². The highest BCUT2D eigenvalue weighted by Crippen LogP contribution is 2.48. The lowest BCUT2D eigenvalue weighted by molar-refractivity contribution is -0.170. The molecule has 1 aliphatic rings. The fraction of sp³-hybridized carbons (Fsp3) is 0.929. The predicted molar refractivity (Wildman–Crippen MR) is 67.7 cm³/mol. The number of aliphatic carboxylic acids is 1. The lowest BCUT2D eigenvalue weighted by atomic mass is 9.59. The molecule has 0 aliphatic heterocycles. The first kappa shape index (κ1) is 14.5. The van der Waals surface area contributed by atoms with Crippen molar-refractivity contribution in [3.05, 3.63) is 0 Å². The summed E-state index contributed by atoms with van der Waals surface area (Å²) in [4.78, 5) is 11.4. The van der Waals surface area contributed by atoms with Gasteiger partial charge in [-0.1, -0.05) is 34.6 Å². The lowest BCUT2D eigenvalue weighted by Crippen LogP contribution is -2.53. The van der Waals surface area contributed by atoms with Crippen LogP contribution in [-0.4, -0.2) is 21.8 Å². The van der Waals surface area contributed by atoms with E-state index in [1.54, 1.807) is 0 Å². The highest BCUT2D eigenvalue weighted by atomic mass is 16.4. The monoisotopic (exact) mass is 242 g/mol. The first-order chi connectivity index (χ1) is 7.60. The van der Waals surface area contributed by atoms with Crippen LogP contribution in [0.2, 0.25) is 0 Å². The van der Waals surface area contributed by atoms with Crippen LogP contribution >= 0.6 is 0 Å². The van der Waals surface area contributed by atoms with E-state index < -0.39 is 17.5 Å². The molecule has 0 bridgehead atoms. The number of aliphatic hydroxyl groups is 1. The van der Waals surface area contributed by atoms with Crippen LogP contribution in [-0.2, 0) is 4.79 Å². The molecule has 0 amide bonds. The molecule has 3 heteroatoms. The van der Waals surface area contributed by atoms with Gasteiger partial charge < -0.3 is 10.2 Å². The van der Waals surface area contributed by atoms with Crippen molar-refractivity contribution in [2.75, 3.05) is 0 Å². The molecule has 1 aliphatic carbocycles. The van der Waals surface area contributed by atoms with E-state index in [-0.39, 0.29) is 17.3 Å². The fourth-order valence-electron chi connectivity index (χ4n) is 3.43. The van der Waals surface area contributed by atoms with Gasteiger partial charge in [0.2, 0.25) is 0 Å². The minimum Gasteiger partial charge on any atom is -0.481 e.